The van der Waals surface area contributed by atoms with Crippen LogP contribution in [-0.4, -0.2) is 28.5 Å². The highest BCUT2D eigenvalue weighted by molar-refractivity contribution is 7.96. The zero-order chi connectivity index (χ0) is 18.9. The number of aromatic nitrogens is 1. The summed E-state index contributed by atoms with van der Waals surface area (Å²) in [6, 6.07) is 10.9. The number of hydrogen-bond acceptors (Lipinski definition) is 5. The number of hydrogen-bond donors (Lipinski definition) is 2. The van der Waals surface area contributed by atoms with E-state index in [4.69, 9.17) is 4.74 Å². The number of rotatable bonds is 8. The van der Waals surface area contributed by atoms with E-state index in [0.29, 0.717) is 24.3 Å². The number of Topliss-reactive ketones (excluding diaryl/α,β-unsaturated/α-hetero) is 1. The molecule has 136 valence electrons. The summed E-state index contributed by atoms with van der Waals surface area (Å²) >= 11 is 3.40. The summed E-state index contributed by atoms with van der Waals surface area (Å²) < 4.78 is 5.67. The van der Waals surface area contributed by atoms with Gasteiger partial charge in [0.2, 0.25) is 5.78 Å². The van der Waals surface area contributed by atoms with Crippen LogP contribution < -0.4 is 10.1 Å². The van der Waals surface area contributed by atoms with Gasteiger partial charge in [0.25, 0.3) is 11.1 Å². The van der Waals surface area contributed by atoms with Crippen molar-refractivity contribution >= 4 is 29.6 Å². The van der Waals surface area contributed by atoms with E-state index < -0.39 is 16.9 Å². The van der Waals surface area contributed by atoms with E-state index in [2.05, 4.69) is 30.6 Å². The van der Waals surface area contributed by atoms with Crippen molar-refractivity contribution in [3.05, 3.63) is 59.4 Å². The summed E-state index contributed by atoms with van der Waals surface area (Å²) in [7, 11) is 0. The van der Waals surface area contributed by atoms with E-state index in [9.17, 15) is 14.4 Å². The van der Waals surface area contributed by atoms with E-state index >= 15 is 0 Å². The Bertz CT molecular complexity index is 773. The summed E-state index contributed by atoms with van der Waals surface area (Å²) in [4.78, 5) is 38.1. The Labute approximate surface area is 157 Å². The summed E-state index contributed by atoms with van der Waals surface area (Å²) in [5.41, 5.74) is 2.82. The molecule has 2 amide bonds. The van der Waals surface area contributed by atoms with Crippen molar-refractivity contribution in [2.75, 3.05) is 6.61 Å². The van der Waals surface area contributed by atoms with Gasteiger partial charge in [-0.2, -0.15) is 0 Å². The number of carbonyl (C=O) groups is 3. The van der Waals surface area contributed by atoms with Gasteiger partial charge in [-0.25, -0.2) is 0 Å². The highest BCUT2D eigenvalue weighted by Crippen LogP contribution is 2.13. The zero-order valence-electron chi connectivity index (χ0n) is 14.4. The van der Waals surface area contributed by atoms with Crippen molar-refractivity contribution in [1.29, 1.82) is 0 Å². The van der Waals surface area contributed by atoms with E-state index in [1.807, 2.05) is 17.6 Å². The van der Waals surface area contributed by atoms with Crippen LogP contribution in [0.1, 0.15) is 23.7 Å². The third-order valence-electron chi connectivity index (χ3n) is 3.68. The van der Waals surface area contributed by atoms with Crippen LogP contribution >= 0.6 is 12.6 Å². The monoisotopic (exact) mass is 372 g/mol. The maximum absolute atomic E-state index is 11.7. The minimum Gasteiger partial charge on any atom is -0.493 e. The van der Waals surface area contributed by atoms with Gasteiger partial charge >= 0.3 is 0 Å². The molecule has 0 saturated heterocycles. The third-order valence-corrected chi connectivity index (χ3v) is 3.79. The van der Waals surface area contributed by atoms with Crippen LogP contribution in [0, 0.1) is 0 Å². The van der Waals surface area contributed by atoms with E-state index in [-0.39, 0.29) is 6.42 Å². The minimum absolute atomic E-state index is 0.0964. The van der Waals surface area contributed by atoms with Crippen LogP contribution in [0.5, 0.6) is 5.75 Å². The molecule has 2 aromatic rings. The molecule has 0 aliphatic carbocycles. The van der Waals surface area contributed by atoms with Crippen LogP contribution in [-0.2, 0) is 28.9 Å². The number of carbonyl (C=O) groups excluding carboxylic acids is 3. The molecule has 0 aliphatic heterocycles. The van der Waals surface area contributed by atoms with Gasteiger partial charge in [-0.05, 0) is 35.7 Å². The number of thiol groups is 1. The van der Waals surface area contributed by atoms with E-state index in [0.717, 1.165) is 12.1 Å². The quantitative estimate of drug-likeness (QED) is 0.549. The van der Waals surface area contributed by atoms with Crippen molar-refractivity contribution in [2.24, 2.45) is 0 Å². The Morgan fingerprint density at radius 2 is 1.77 bits per heavy atom. The Kier molecular flexibility index (Phi) is 7.35. The van der Waals surface area contributed by atoms with Gasteiger partial charge in [-0.3, -0.25) is 24.7 Å². The molecule has 0 atom stereocenters. The fourth-order valence-electron chi connectivity index (χ4n) is 2.22. The number of nitrogens with one attached hydrogen (secondary N) is 1. The third kappa shape index (κ3) is 6.33. The molecule has 0 fully saturated rings. The summed E-state index contributed by atoms with van der Waals surface area (Å²) in [5.74, 6) is -1.00. The minimum atomic E-state index is -0.966. The lowest BCUT2D eigenvalue weighted by Crippen LogP contribution is -2.33. The second-order valence-electron chi connectivity index (χ2n) is 5.61. The van der Waals surface area contributed by atoms with Crippen molar-refractivity contribution in [3.8, 4) is 5.75 Å². The maximum atomic E-state index is 11.7. The number of ketones is 1. The van der Waals surface area contributed by atoms with Crippen molar-refractivity contribution in [1.82, 2.24) is 10.3 Å². The largest absolute Gasteiger partial charge is 0.493 e. The molecule has 0 bridgehead atoms. The average Bonchev–Trinajstić information content (AvgIpc) is 2.63. The molecule has 6 nitrogen and oxygen atoms in total. The Morgan fingerprint density at radius 3 is 2.35 bits per heavy atom. The van der Waals surface area contributed by atoms with Crippen LogP contribution in [0.2, 0.25) is 0 Å². The molecule has 0 radical (unpaired) electrons. The van der Waals surface area contributed by atoms with Crippen molar-refractivity contribution in [3.63, 3.8) is 0 Å². The molecule has 0 saturated carbocycles. The lowest BCUT2D eigenvalue weighted by molar-refractivity contribution is -0.136. The first-order chi connectivity index (χ1) is 12.5. The van der Waals surface area contributed by atoms with Gasteiger partial charge in [-0.1, -0.05) is 37.8 Å². The van der Waals surface area contributed by atoms with Gasteiger partial charge in [0, 0.05) is 24.7 Å². The normalized spacial score (nSPS) is 10.2. The van der Waals surface area contributed by atoms with Crippen molar-refractivity contribution < 1.29 is 19.1 Å². The first-order valence-corrected chi connectivity index (χ1v) is 8.65. The maximum Gasteiger partial charge on any atom is 0.294 e. The fourth-order valence-corrected chi connectivity index (χ4v) is 2.32. The number of amides is 2. The second kappa shape index (κ2) is 9.72. The van der Waals surface area contributed by atoms with Crippen LogP contribution in [0.15, 0.2) is 42.6 Å². The Morgan fingerprint density at radius 1 is 1.08 bits per heavy atom. The first-order valence-electron chi connectivity index (χ1n) is 8.20. The van der Waals surface area contributed by atoms with Gasteiger partial charge in [0.15, 0.2) is 0 Å². The molecule has 0 spiro atoms. The van der Waals surface area contributed by atoms with Gasteiger partial charge in [0.1, 0.15) is 5.75 Å². The van der Waals surface area contributed by atoms with Gasteiger partial charge < -0.3 is 4.74 Å². The number of benzene rings is 1. The van der Waals surface area contributed by atoms with Crippen molar-refractivity contribution in [2.45, 2.75) is 26.2 Å². The molecule has 2 rings (SSSR count). The number of aryl methyl sites for hydroxylation is 1. The van der Waals surface area contributed by atoms with Gasteiger partial charge in [0.05, 0.1) is 6.61 Å². The predicted molar refractivity (Wildman–Crippen MR) is 100 cm³/mol. The highest BCUT2D eigenvalue weighted by Gasteiger charge is 2.15. The molecule has 7 heteroatoms. The molecule has 1 heterocycles. The SMILES string of the molecule is CCc1ccc(CCOc2ccc(CC(=O)C(=O)NC(=O)S)cc2)nc1. The predicted octanol–water partition coefficient (Wildman–Crippen LogP) is 2.54. The van der Waals surface area contributed by atoms with Gasteiger partial charge in [-0.15, -0.1) is 0 Å². The molecular formula is C19H20N2O4S. The number of imide groups is 1. The van der Waals surface area contributed by atoms with Crippen LogP contribution in [0.25, 0.3) is 0 Å². The Balaban J connectivity index is 1.80. The number of nitrogens with zero attached hydrogens (tertiary/aromatic N) is 1. The zero-order valence-corrected chi connectivity index (χ0v) is 15.3. The average molecular weight is 372 g/mol. The molecule has 1 aromatic heterocycles. The smallest absolute Gasteiger partial charge is 0.294 e. The molecule has 0 unspecified atom stereocenters. The van der Waals surface area contributed by atoms with E-state index in [1.54, 1.807) is 24.3 Å². The molecule has 26 heavy (non-hydrogen) atoms. The number of ether oxygens (including phenoxy) is 1. The summed E-state index contributed by atoms with van der Waals surface area (Å²) in [6.07, 6.45) is 3.44. The summed E-state index contributed by atoms with van der Waals surface area (Å²) in [5, 5.41) is 0.975. The summed E-state index contributed by atoms with van der Waals surface area (Å²) in [6.45, 7) is 2.58. The topological polar surface area (TPSA) is 85.4 Å². The molecule has 1 N–H and O–H groups in total. The van der Waals surface area contributed by atoms with Crippen LogP contribution in [0.4, 0.5) is 4.79 Å². The highest BCUT2D eigenvalue weighted by atomic mass is 32.1. The second-order valence-corrected chi connectivity index (χ2v) is 6.02. The van der Waals surface area contributed by atoms with E-state index in [1.165, 1.54) is 5.56 Å². The Hall–Kier alpha value is -2.67. The molecular weight excluding hydrogens is 352 g/mol. The molecule has 1 aromatic carbocycles. The molecule has 0 aliphatic rings. The lowest BCUT2D eigenvalue weighted by atomic mass is 10.1. The lowest BCUT2D eigenvalue weighted by Gasteiger charge is -2.07. The standard InChI is InChI=1S/C19H20N2O4S/c1-2-13-3-6-15(20-12-13)9-10-25-16-7-4-14(5-8-16)11-17(22)18(23)21-19(24)26/h3-8,12H,2,9-11H2,1H3,(H2,21,23,24,26). The first kappa shape index (κ1) is 19.7. The fraction of sp³-hybridized carbons (Fsp3) is 0.263. The number of pyridine rings is 1. The van der Waals surface area contributed by atoms with Crippen LogP contribution in [0.3, 0.4) is 0 Å².